The predicted octanol–water partition coefficient (Wildman–Crippen LogP) is 3.07. The van der Waals surface area contributed by atoms with E-state index in [0.717, 1.165) is 24.8 Å². The molecule has 1 aliphatic rings. The van der Waals surface area contributed by atoms with Crippen molar-refractivity contribution in [3.63, 3.8) is 0 Å². The predicted molar refractivity (Wildman–Crippen MR) is 70.9 cm³/mol. The van der Waals surface area contributed by atoms with Gasteiger partial charge in [0.2, 0.25) is 0 Å². The molecule has 3 nitrogen and oxygen atoms in total. The molecule has 0 saturated carbocycles. The Morgan fingerprint density at radius 1 is 1.39 bits per heavy atom. The van der Waals surface area contributed by atoms with Crippen LogP contribution in [0, 0.1) is 0 Å². The molecule has 1 aromatic carbocycles. The summed E-state index contributed by atoms with van der Waals surface area (Å²) in [5.74, 6) is 1.39. The van der Waals surface area contributed by atoms with Gasteiger partial charge < -0.3 is 14.6 Å². The van der Waals surface area contributed by atoms with E-state index in [-0.39, 0.29) is 12.7 Å². The number of aliphatic hydroxyl groups is 1. The molecule has 0 saturated heterocycles. The second kappa shape index (κ2) is 6.45. The average molecular weight is 248 g/mol. The Balaban J connectivity index is 2.22. The topological polar surface area (TPSA) is 38.7 Å². The molecule has 0 heterocycles. The minimum Gasteiger partial charge on any atom is -0.490 e. The first kappa shape index (κ1) is 13.0. The molecule has 3 heteroatoms. The largest absolute Gasteiger partial charge is 0.490 e. The molecule has 98 valence electrons. The van der Waals surface area contributed by atoms with Gasteiger partial charge in [-0.3, -0.25) is 0 Å². The molecular formula is C15H20O3. The van der Waals surface area contributed by atoms with Crippen LogP contribution in [0.5, 0.6) is 11.5 Å². The summed E-state index contributed by atoms with van der Waals surface area (Å²) >= 11 is 0. The van der Waals surface area contributed by atoms with Gasteiger partial charge in [-0.05, 0) is 38.3 Å². The van der Waals surface area contributed by atoms with Crippen LogP contribution in [0.3, 0.4) is 0 Å². The molecular weight excluding hydrogens is 228 g/mol. The van der Waals surface area contributed by atoms with Crippen LogP contribution in [0.4, 0.5) is 0 Å². The number of ether oxygens (including phenoxy) is 2. The quantitative estimate of drug-likeness (QED) is 0.814. The maximum Gasteiger partial charge on any atom is 0.167 e. The number of rotatable bonds is 5. The van der Waals surface area contributed by atoms with Crippen LogP contribution in [-0.4, -0.2) is 17.8 Å². The summed E-state index contributed by atoms with van der Waals surface area (Å²) in [5.41, 5.74) is 0.778. The number of hydrogen-bond donors (Lipinski definition) is 1. The Morgan fingerprint density at radius 3 is 2.94 bits per heavy atom. The van der Waals surface area contributed by atoms with Gasteiger partial charge in [-0.15, -0.1) is 0 Å². The van der Waals surface area contributed by atoms with Crippen molar-refractivity contribution in [1.82, 2.24) is 0 Å². The molecule has 1 aliphatic carbocycles. The van der Waals surface area contributed by atoms with Crippen LogP contribution in [0.2, 0.25) is 0 Å². The fourth-order valence-corrected chi connectivity index (χ4v) is 2.12. The molecule has 0 aromatic heterocycles. The first-order valence-electron chi connectivity index (χ1n) is 6.54. The highest BCUT2D eigenvalue weighted by atomic mass is 16.5. The van der Waals surface area contributed by atoms with Crippen molar-refractivity contribution in [2.75, 3.05) is 6.61 Å². The summed E-state index contributed by atoms with van der Waals surface area (Å²) in [4.78, 5) is 0. The van der Waals surface area contributed by atoms with Crippen LogP contribution in [-0.2, 0) is 6.61 Å². The van der Waals surface area contributed by atoms with E-state index in [1.807, 2.05) is 25.1 Å². The molecule has 0 aliphatic heterocycles. The maximum absolute atomic E-state index is 9.39. The van der Waals surface area contributed by atoms with Gasteiger partial charge in [0, 0.05) is 5.56 Å². The van der Waals surface area contributed by atoms with Crippen molar-refractivity contribution < 1.29 is 14.6 Å². The Kier molecular flexibility index (Phi) is 4.65. The monoisotopic (exact) mass is 248 g/mol. The van der Waals surface area contributed by atoms with Gasteiger partial charge in [-0.1, -0.05) is 18.2 Å². The normalized spacial score (nSPS) is 18.7. The number of hydrogen-bond acceptors (Lipinski definition) is 3. The molecule has 0 bridgehead atoms. The minimum atomic E-state index is -0.0350. The lowest BCUT2D eigenvalue weighted by molar-refractivity contribution is 0.202. The standard InChI is InChI=1S/C15H20O3/c1-2-17-14-10-6-7-12(11-16)15(14)18-13-8-4-3-5-9-13/h4,6-8,10,13,16H,2-3,5,9,11H2,1H3. The van der Waals surface area contributed by atoms with Gasteiger partial charge in [0.05, 0.1) is 13.2 Å². The van der Waals surface area contributed by atoms with E-state index in [1.165, 1.54) is 0 Å². The minimum absolute atomic E-state index is 0.0350. The molecule has 1 aromatic rings. The van der Waals surface area contributed by atoms with E-state index < -0.39 is 0 Å². The van der Waals surface area contributed by atoms with Gasteiger partial charge in [0.1, 0.15) is 6.10 Å². The highest BCUT2D eigenvalue weighted by Crippen LogP contribution is 2.33. The second-order valence-corrected chi connectivity index (χ2v) is 4.35. The van der Waals surface area contributed by atoms with Crippen molar-refractivity contribution in [2.24, 2.45) is 0 Å². The molecule has 1 N–H and O–H groups in total. The van der Waals surface area contributed by atoms with Gasteiger partial charge in [0.25, 0.3) is 0 Å². The van der Waals surface area contributed by atoms with E-state index in [4.69, 9.17) is 9.47 Å². The Bertz CT molecular complexity index is 412. The van der Waals surface area contributed by atoms with Crippen LogP contribution in [0.15, 0.2) is 30.4 Å². The molecule has 0 fully saturated rings. The van der Waals surface area contributed by atoms with Gasteiger partial charge in [0.15, 0.2) is 11.5 Å². The summed E-state index contributed by atoms with van der Waals surface area (Å²) in [6, 6.07) is 5.62. The van der Waals surface area contributed by atoms with Crippen molar-refractivity contribution in [3.8, 4) is 11.5 Å². The Morgan fingerprint density at radius 2 is 2.28 bits per heavy atom. The first-order chi connectivity index (χ1) is 8.85. The maximum atomic E-state index is 9.39. The van der Waals surface area contributed by atoms with Gasteiger partial charge in [-0.25, -0.2) is 0 Å². The third-order valence-electron chi connectivity index (χ3n) is 3.01. The zero-order valence-corrected chi connectivity index (χ0v) is 10.8. The molecule has 0 spiro atoms. The van der Waals surface area contributed by atoms with E-state index in [0.29, 0.717) is 18.1 Å². The highest BCUT2D eigenvalue weighted by molar-refractivity contribution is 5.46. The zero-order valence-electron chi connectivity index (χ0n) is 10.8. The van der Waals surface area contributed by atoms with E-state index >= 15 is 0 Å². The zero-order chi connectivity index (χ0) is 12.8. The number of allylic oxidation sites excluding steroid dienone is 1. The summed E-state index contributed by atoms with van der Waals surface area (Å²) in [6.07, 6.45) is 7.61. The van der Waals surface area contributed by atoms with Crippen molar-refractivity contribution in [1.29, 1.82) is 0 Å². The van der Waals surface area contributed by atoms with E-state index in [9.17, 15) is 5.11 Å². The number of benzene rings is 1. The fraction of sp³-hybridized carbons (Fsp3) is 0.467. The summed E-state index contributed by atoms with van der Waals surface area (Å²) in [5, 5.41) is 9.39. The summed E-state index contributed by atoms with van der Waals surface area (Å²) in [7, 11) is 0. The smallest absolute Gasteiger partial charge is 0.167 e. The van der Waals surface area contributed by atoms with Gasteiger partial charge >= 0.3 is 0 Å². The van der Waals surface area contributed by atoms with Crippen LogP contribution < -0.4 is 9.47 Å². The molecule has 1 atom stereocenters. The van der Waals surface area contributed by atoms with E-state index in [2.05, 4.69) is 12.2 Å². The lowest BCUT2D eigenvalue weighted by Gasteiger charge is -2.22. The Hall–Kier alpha value is -1.48. The van der Waals surface area contributed by atoms with E-state index in [1.54, 1.807) is 0 Å². The third kappa shape index (κ3) is 3.05. The summed E-state index contributed by atoms with van der Waals surface area (Å²) < 4.78 is 11.6. The average Bonchev–Trinajstić information content (AvgIpc) is 2.42. The van der Waals surface area contributed by atoms with Crippen molar-refractivity contribution in [2.45, 2.75) is 38.9 Å². The van der Waals surface area contributed by atoms with Crippen LogP contribution in [0.25, 0.3) is 0 Å². The molecule has 1 unspecified atom stereocenters. The first-order valence-corrected chi connectivity index (χ1v) is 6.54. The van der Waals surface area contributed by atoms with Gasteiger partial charge in [-0.2, -0.15) is 0 Å². The summed E-state index contributed by atoms with van der Waals surface area (Å²) in [6.45, 7) is 2.49. The lowest BCUT2D eigenvalue weighted by Crippen LogP contribution is -2.17. The van der Waals surface area contributed by atoms with Crippen molar-refractivity contribution in [3.05, 3.63) is 35.9 Å². The molecule has 18 heavy (non-hydrogen) atoms. The fourth-order valence-electron chi connectivity index (χ4n) is 2.12. The second-order valence-electron chi connectivity index (χ2n) is 4.35. The highest BCUT2D eigenvalue weighted by Gasteiger charge is 2.16. The lowest BCUT2D eigenvalue weighted by atomic mass is 10.1. The van der Waals surface area contributed by atoms with Crippen LogP contribution in [0.1, 0.15) is 31.7 Å². The molecule has 0 amide bonds. The Labute approximate surface area is 108 Å². The SMILES string of the molecule is CCOc1cccc(CO)c1OC1C=CCCC1. The number of aliphatic hydroxyl groups excluding tert-OH is 1. The van der Waals surface area contributed by atoms with Crippen LogP contribution >= 0.6 is 0 Å². The third-order valence-corrected chi connectivity index (χ3v) is 3.01. The molecule has 0 radical (unpaired) electrons. The number of para-hydroxylation sites is 1. The van der Waals surface area contributed by atoms with Crippen molar-refractivity contribution >= 4 is 0 Å². The molecule has 2 rings (SSSR count).